The monoisotopic (exact) mass is 322 g/mol. The summed E-state index contributed by atoms with van der Waals surface area (Å²) >= 11 is 6.14. The van der Waals surface area contributed by atoms with Crippen LogP contribution in [0.15, 0.2) is 41.3 Å². The highest BCUT2D eigenvalue weighted by molar-refractivity contribution is 7.84. The van der Waals surface area contributed by atoms with Crippen molar-refractivity contribution in [3.8, 4) is 0 Å². The van der Waals surface area contributed by atoms with Gasteiger partial charge in [-0.05, 0) is 48.7 Å². The Kier molecular flexibility index (Phi) is 4.80. The van der Waals surface area contributed by atoms with Crippen LogP contribution in [0.5, 0.6) is 0 Å². The van der Waals surface area contributed by atoms with Crippen LogP contribution in [0.2, 0.25) is 5.02 Å². The van der Waals surface area contributed by atoms with Crippen LogP contribution in [0.25, 0.3) is 0 Å². The molecule has 0 spiro atoms. The van der Waals surface area contributed by atoms with Gasteiger partial charge in [-0.3, -0.25) is 4.21 Å². The molecule has 0 aliphatic heterocycles. The first kappa shape index (κ1) is 15.7. The molecule has 0 amide bonds. The third-order valence-electron chi connectivity index (χ3n) is 3.20. The highest BCUT2D eigenvalue weighted by Crippen LogP contribution is 2.22. The average molecular weight is 323 g/mol. The Morgan fingerprint density at radius 3 is 2.52 bits per heavy atom. The topological polar surface area (TPSA) is 54.4 Å². The molecule has 1 N–H and O–H groups in total. The van der Waals surface area contributed by atoms with E-state index >= 15 is 0 Å². The zero-order chi connectivity index (χ0) is 15.6. The van der Waals surface area contributed by atoms with E-state index in [1.54, 1.807) is 19.1 Å². The second kappa shape index (κ2) is 6.41. The summed E-state index contributed by atoms with van der Waals surface area (Å²) in [6.45, 7) is 3.65. The van der Waals surface area contributed by atoms with E-state index < -0.39 is 16.8 Å². The van der Waals surface area contributed by atoms with Gasteiger partial charge in [0.05, 0.1) is 22.1 Å². The van der Waals surface area contributed by atoms with Crippen LogP contribution in [0.1, 0.15) is 27.0 Å². The van der Waals surface area contributed by atoms with Gasteiger partial charge in [0.2, 0.25) is 0 Å². The first-order valence-electron chi connectivity index (χ1n) is 6.36. The van der Waals surface area contributed by atoms with Crippen molar-refractivity contribution in [1.29, 1.82) is 0 Å². The fourth-order valence-electron chi connectivity index (χ4n) is 1.97. The van der Waals surface area contributed by atoms with Crippen LogP contribution in [0.3, 0.4) is 0 Å². The molecule has 0 bridgehead atoms. The van der Waals surface area contributed by atoms with Crippen LogP contribution < -0.4 is 0 Å². The molecule has 0 radical (unpaired) electrons. The quantitative estimate of drug-likeness (QED) is 0.926. The number of hydrogen-bond acceptors (Lipinski definition) is 2. The van der Waals surface area contributed by atoms with Gasteiger partial charge in [-0.1, -0.05) is 29.8 Å². The van der Waals surface area contributed by atoms with Gasteiger partial charge in [0.1, 0.15) is 0 Å². The molecule has 2 aromatic carbocycles. The maximum atomic E-state index is 12.4. The van der Waals surface area contributed by atoms with Crippen molar-refractivity contribution in [2.45, 2.75) is 24.5 Å². The molecule has 1 atom stereocenters. The molecule has 3 nitrogen and oxygen atoms in total. The highest BCUT2D eigenvalue weighted by Gasteiger charge is 2.13. The third kappa shape index (κ3) is 3.71. The number of rotatable bonds is 4. The lowest BCUT2D eigenvalue weighted by Gasteiger charge is -2.08. The molecule has 110 valence electrons. The lowest BCUT2D eigenvalue weighted by molar-refractivity contribution is 0.0696. The molecule has 1 unspecified atom stereocenters. The van der Waals surface area contributed by atoms with Crippen LogP contribution in [0, 0.1) is 13.8 Å². The van der Waals surface area contributed by atoms with Crippen molar-refractivity contribution in [1.82, 2.24) is 0 Å². The van der Waals surface area contributed by atoms with Gasteiger partial charge in [-0.2, -0.15) is 0 Å². The second-order valence-electron chi connectivity index (χ2n) is 4.87. The van der Waals surface area contributed by atoms with E-state index in [1.807, 2.05) is 25.1 Å². The Bertz CT molecular complexity index is 725. The number of carboxylic acid groups (broad SMARTS) is 1. The Balaban J connectivity index is 2.28. The molecule has 0 heterocycles. The van der Waals surface area contributed by atoms with Gasteiger partial charge in [0.15, 0.2) is 0 Å². The summed E-state index contributed by atoms with van der Waals surface area (Å²) in [5, 5.41) is 9.69. The zero-order valence-corrected chi connectivity index (χ0v) is 13.3. The zero-order valence-electron chi connectivity index (χ0n) is 11.7. The average Bonchev–Trinajstić information content (AvgIpc) is 2.42. The number of benzene rings is 2. The second-order valence-corrected chi connectivity index (χ2v) is 6.72. The summed E-state index contributed by atoms with van der Waals surface area (Å²) in [5.41, 5.74) is 2.66. The summed E-state index contributed by atoms with van der Waals surface area (Å²) in [4.78, 5) is 11.6. The molecule has 0 aliphatic carbocycles. The van der Waals surface area contributed by atoms with Crippen LogP contribution >= 0.6 is 11.6 Å². The van der Waals surface area contributed by atoms with E-state index in [4.69, 9.17) is 16.7 Å². The number of carboxylic acids is 1. The van der Waals surface area contributed by atoms with Crippen molar-refractivity contribution in [3.63, 3.8) is 0 Å². The first-order chi connectivity index (χ1) is 9.88. The van der Waals surface area contributed by atoms with Crippen LogP contribution in [-0.4, -0.2) is 15.3 Å². The van der Waals surface area contributed by atoms with Crippen molar-refractivity contribution < 1.29 is 14.1 Å². The maximum absolute atomic E-state index is 12.4. The van der Waals surface area contributed by atoms with Crippen molar-refractivity contribution >= 4 is 28.4 Å². The molecular weight excluding hydrogens is 308 g/mol. The number of aryl methyl sites for hydroxylation is 2. The number of aromatic carboxylic acids is 1. The smallest absolute Gasteiger partial charge is 0.335 e. The minimum absolute atomic E-state index is 0.177. The van der Waals surface area contributed by atoms with Crippen molar-refractivity contribution in [2.75, 3.05) is 0 Å². The molecule has 21 heavy (non-hydrogen) atoms. The van der Waals surface area contributed by atoms with Crippen LogP contribution in [-0.2, 0) is 16.6 Å². The molecule has 0 aliphatic rings. The largest absolute Gasteiger partial charge is 0.478 e. The summed E-state index contributed by atoms with van der Waals surface area (Å²) < 4.78 is 12.4. The Hall–Kier alpha value is -1.65. The molecule has 5 heteroatoms. The van der Waals surface area contributed by atoms with Gasteiger partial charge < -0.3 is 5.11 Å². The lowest BCUT2D eigenvalue weighted by Crippen LogP contribution is -2.03. The molecule has 2 rings (SSSR count). The summed E-state index contributed by atoms with van der Waals surface area (Å²) in [6.07, 6.45) is 0. The number of halogens is 1. The fourth-order valence-corrected chi connectivity index (χ4v) is 3.52. The third-order valence-corrected chi connectivity index (χ3v) is 4.90. The molecule has 2 aromatic rings. The Labute approximate surface area is 131 Å². The van der Waals surface area contributed by atoms with E-state index in [0.29, 0.717) is 15.5 Å². The first-order valence-corrected chi connectivity index (χ1v) is 8.05. The fraction of sp³-hybridized carbons (Fsp3) is 0.188. The van der Waals surface area contributed by atoms with Gasteiger partial charge in [0.25, 0.3) is 0 Å². The number of hydrogen-bond donors (Lipinski definition) is 1. The SMILES string of the molecule is Cc1ccc(CS(=O)c2ccc(C)c(C(=O)O)c2)c(Cl)c1. The number of carbonyl (C=O) groups is 1. The van der Waals surface area contributed by atoms with E-state index in [9.17, 15) is 9.00 Å². The predicted molar refractivity (Wildman–Crippen MR) is 84.4 cm³/mol. The maximum Gasteiger partial charge on any atom is 0.335 e. The Morgan fingerprint density at radius 2 is 1.90 bits per heavy atom. The normalized spacial score (nSPS) is 12.1. The van der Waals surface area contributed by atoms with Crippen molar-refractivity contribution in [2.24, 2.45) is 0 Å². The molecule has 0 fully saturated rings. The minimum Gasteiger partial charge on any atom is -0.478 e. The van der Waals surface area contributed by atoms with E-state index in [2.05, 4.69) is 0 Å². The van der Waals surface area contributed by atoms with Gasteiger partial charge in [-0.15, -0.1) is 0 Å². The van der Waals surface area contributed by atoms with Gasteiger partial charge in [0, 0.05) is 9.92 Å². The van der Waals surface area contributed by atoms with E-state index in [0.717, 1.165) is 11.1 Å². The Morgan fingerprint density at radius 1 is 1.19 bits per heavy atom. The predicted octanol–water partition coefficient (Wildman–Crippen LogP) is 3.96. The van der Waals surface area contributed by atoms with Crippen molar-refractivity contribution in [3.05, 3.63) is 63.7 Å². The lowest BCUT2D eigenvalue weighted by atomic mass is 10.1. The highest BCUT2D eigenvalue weighted by atomic mass is 35.5. The minimum atomic E-state index is -1.33. The molecule has 0 saturated heterocycles. The molecular formula is C16H15ClO3S. The van der Waals surface area contributed by atoms with Gasteiger partial charge >= 0.3 is 5.97 Å². The summed E-state index contributed by atoms with van der Waals surface area (Å²) in [6, 6.07) is 10.4. The van der Waals surface area contributed by atoms with Crippen LogP contribution in [0.4, 0.5) is 0 Å². The van der Waals surface area contributed by atoms with E-state index in [-0.39, 0.29) is 11.3 Å². The summed E-state index contributed by atoms with van der Waals surface area (Å²) in [5.74, 6) is -0.749. The summed E-state index contributed by atoms with van der Waals surface area (Å²) in [7, 11) is -1.33. The van der Waals surface area contributed by atoms with E-state index in [1.165, 1.54) is 6.07 Å². The van der Waals surface area contributed by atoms with Gasteiger partial charge in [-0.25, -0.2) is 4.79 Å². The molecule has 0 saturated carbocycles. The molecule has 0 aromatic heterocycles. The standard InChI is InChI=1S/C16H15ClO3S/c1-10-3-5-12(15(17)7-10)9-21(20)13-6-4-11(2)14(8-13)16(18)19/h3-8H,9H2,1-2H3,(H,18,19).